The maximum atomic E-state index is 10.3. The predicted molar refractivity (Wildman–Crippen MR) is 49.7 cm³/mol. The molecule has 3 nitrogen and oxygen atoms in total. The number of nitrogens with one attached hydrogen (secondary N) is 1. The summed E-state index contributed by atoms with van der Waals surface area (Å²) in [6, 6.07) is 0. The van der Waals surface area contributed by atoms with Crippen LogP contribution in [0.1, 0.15) is 13.3 Å². The van der Waals surface area contributed by atoms with E-state index in [0.29, 0.717) is 13.0 Å². The minimum atomic E-state index is -0.236. The van der Waals surface area contributed by atoms with Gasteiger partial charge < -0.3 is 11.1 Å². The summed E-state index contributed by atoms with van der Waals surface area (Å²) in [6.45, 7) is 3.81. The summed E-state index contributed by atoms with van der Waals surface area (Å²) in [5.41, 5.74) is 4.95. The number of amides is 1. The molecule has 11 heavy (non-hydrogen) atoms. The Labute approximate surface area is 72.1 Å². The monoisotopic (exact) mass is 176 g/mol. The fraction of sp³-hybridized carbons (Fsp3) is 0.857. The largest absolute Gasteiger partial charge is 0.370 e. The second kappa shape index (κ2) is 7.88. The highest BCUT2D eigenvalue weighted by Crippen LogP contribution is 1.94. The van der Waals surface area contributed by atoms with Crippen molar-refractivity contribution in [3.05, 3.63) is 0 Å². The van der Waals surface area contributed by atoms with Gasteiger partial charge in [0.15, 0.2) is 0 Å². The Balaban J connectivity index is 2.85. The van der Waals surface area contributed by atoms with Crippen molar-refractivity contribution < 1.29 is 4.79 Å². The Morgan fingerprint density at radius 2 is 2.27 bits per heavy atom. The summed E-state index contributed by atoms with van der Waals surface area (Å²) in [5, 5.41) is 3.13. The van der Waals surface area contributed by atoms with Crippen LogP contribution in [0, 0.1) is 0 Å². The number of thioether (sulfide) groups is 1. The van der Waals surface area contributed by atoms with E-state index in [2.05, 4.69) is 12.2 Å². The molecule has 0 rings (SSSR count). The zero-order valence-corrected chi connectivity index (χ0v) is 7.75. The molecule has 0 aromatic carbocycles. The lowest BCUT2D eigenvalue weighted by Crippen LogP contribution is -2.23. The molecule has 0 atom stereocenters. The molecule has 0 aromatic rings. The topological polar surface area (TPSA) is 55.1 Å². The van der Waals surface area contributed by atoms with Crippen LogP contribution < -0.4 is 11.1 Å². The highest BCUT2D eigenvalue weighted by Gasteiger charge is 1.92. The normalized spacial score (nSPS) is 9.91. The van der Waals surface area contributed by atoms with Gasteiger partial charge in [-0.25, -0.2) is 0 Å². The van der Waals surface area contributed by atoms with E-state index in [4.69, 9.17) is 5.73 Å². The molecule has 0 saturated carbocycles. The van der Waals surface area contributed by atoms with E-state index in [1.807, 2.05) is 11.8 Å². The Hall–Kier alpha value is -0.220. The summed E-state index contributed by atoms with van der Waals surface area (Å²) >= 11 is 1.89. The molecule has 3 N–H and O–H groups in total. The average Bonchev–Trinajstić information content (AvgIpc) is 1.96. The van der Waals surface area contributed by atoms with Gasteiger partial charge in [0.05, 0.1) is 0 Å². The van der Waals surface area contributed by atoms with Crippen LogP contribution >= 0.6 is 11.8 Å². The van der Waals surface area contributed by atoms with Crippen LogP contribution in [0.2, 0.25) is 0 Å². The number of primary amides is 1. The number of hydrogen-bond acceptors (Lipinski definition) is 3. The third-order valence-corrected chi connectivity index (χ3v) is 2.08. The molecule has 0 heterocycles. The van der Waals surface area contributed by atoms with Gasteiger partial charge in [0.1, 0.15) is 0 Å². The fourth-order valence-corrected chi connectivity index (χ4v) is 1.20. The van der Waals surface area contributed by atoms with Gasteiger partial charge in [-0.15, -0.1) is 0 Å². The second-order valence-electron chi connectivity index (χ2n) is 2.16. The van der Waals surface area contributed by atoms with Gasteiger partial charge in [0.25, 0.3) is 0 Å². The Bertz CT molecular complexity index is 109. The molecule has 4 heteroatoms. The predicted octanol–water partition coefficient (Wildman–Crippen LogP) is 0.204. The highest BCUT2D eigenvalue weighted by atomic mass is 32.2. The van der Waals surface area contributed by atoms with Gasteiger partial charge in [-0.3, -0.25) is 4.79 Å². The van der Waals surface area contributed by atoms with E-state index in [0.717, 1.165) is 18.1 Å². The molecule has 0 aliphatic heterocycles. The minimum Gasteiger partial charge on any atom is -0.370 e. The first kappa shape index (κ1) is 10.8. The standard InChI is InChI=1S/C7H16N2OS/c1-2-11-6-5-9-4-3-7(8)10/h9H,2-6H2,1H3,(H2,8,10). The molecule has 0 radical (unpaired) electrons. The molecule has 0 bridgehead atoms. The van der Waals surface area contributed by atoms with Crippen molar-refractivity contribution in [3.8, 4) is 0 Å². The Morgan fingerprint density at radius 3 is 2.82 bits per heavy atom. The van der Waals surface area contributed by atoms with Crippen LogP contribution in [0.5, 0.6) is 0 Å². The number of carbonyl (C=O) groups is 1. The minimum absolute atomic E-state index is 0.236. The van der Waals surface area contributed by atoms with E-state index in [1.165, 1.54) is 0 Å². The number of carbonyl (C=O) groups excluding carboxylic acids is 1. The van der Waals surface area contributed by atoms with E-state index in [9.17, 15) is 4.79 Å². The van der Waals surface area contributed by atoms with Crippen LogP contribution in [0.15, 0.2) is 0 Å². The molecule has 0 aliphatic rings. The third kappa shape index (κ3) is 9.78. The molecule has 1 amide bonds. The van der Waals surface area contributed by atoms with Gasteiger partial charge in [0.2, 0.25) is 5.91 Å². The van der Waals surface area contributed by atoms with Gasteiger partial charge in [0, 0.05) is 25.3 Å². The van der Waals surface area contributed by atoms with Crippen molar-refractivity contribution in [2.24, 2.45) is 5.73 Å². The lowest BCUT2D eigenvalue weighted by molar-refractivity contribution is -0.117. The Kier molecular flexibility index (Phi) is 7.72. The molecular formula is C7H16N2OS. The fourth-order valence-electron chi connectivity index (χ4n) is 0.625. The molecule has 0 spiro atoms. The first-order chi connectivity index (χ1) is 5.27. The SMILES string of the molecule is CCSCCNCCC(N)=O. The van der Waals surface area contributed by atoms with E-state index >= 15 is 0 Å². The third-order valence-electron chi connectivity index (χ3n) is 1.18. The van der Waals surface area contributed by atoms with Crippen LogP contribution in [-0.4, -0.2) is 30.5 Å². The lowest BCUT2D eigenvalue weighted by atomic mass is 10.4. The molecule has 0 unspecified atom stereocenters. The van der Waals surface area contributed by atoms with Crippen molar-refractivity contribution in [2.45, 2.75) is 13.3 Å². The van der Waals surface area contributed by atoms with Crippen LogP contribution in [0.25, 0.3) is 0 Å². The van der Waals surface area contributed by atoms with Crippen LogP contribution in [-0.2, 0) is 4.79 Å². The van der Waals surface area contributed by atoms with Crippen molar-refractivity contribution in [1.82, 2.24) is 5.32 Å². The zero-order valence-electron chi connectivity index (χ0n) is 6.93. The Morgan fingerprint density at radius 1 is 1.55 bits per heavy atom. The lowest BCUT2D eigenvalue weighted by Gasteiger charge is -2.00. The molecule has 0 aromatic heterocycles. The van der Waals surface area contributed by atoms with E-state index in [-0.39, 0.29) is 5.91 Å². The molecule has 66 valence electrons. The summed E-state index contributed by atoms with van der Waals surface area (Å²) in [6.07, 6.45) is 0.441. The smallest absolute Gasteiger partial charge is 0.218 e. The first-order valence-electron chi connectivity index (χ1n) is 3.84. The number of rotatable bonds is 7. The maximum absolute atomic E-state index is 10.3. The van der Waals surface area contributed by atoms with Crippen molar-refractivity contribution >= 4 is 17.7 Å². The van der Waals surface area contributed by atoms with Crippen molar-refractivity contribution in [2.75, 3.05) is 24.6 Å². The van der Waals surface area contributed by atoms with Gasteiger partial charge in [-0.1, -0.05) is 6.92 Å². The molecule has 0 saturated heterocycles. The zero-order chi connectivity index (χ0) is 8.53. The van der Waals surface area contributed by atoms with Crippen LogP contribution in [0.4, 0.5) is 0 Å². The molecule has 0 aliphatic carbocycles. The summed E-state index contributed by atoms with van der Waals surface area (Å²) in [7, 11) is 0. The van der Waals surface area contributed by atoms with Crippen LogP contribution in [0.3, 0.4) is 0 Å². The van der Waals surface area contributed by atoms with Gasteiger partial charge in [-0.05, 0) is 5.75 Å². The number of nitrogens with two attached hydrogens (primary N) is 1. The molecular weight excluding hydrogens is 160 g/mol. The first-order valence-corrected chi connectivity index (χ1v) is 4.99. The van der Waals surface area contributed by atoms with Gasteiger partial charge in [-0.2, -0.15) is 11.8 Å². The highest BCUT2D eigenvalue weighted by molar-refractivity contribution is 7.99. The van der Waals surface area contributed by atoms with Crippen molar-refractivity contribution in [1.29, 1.82) is 0 Å². The summed E-state index contributed by atoms with van der Waals surface area (Å²) in [4.78, 5) is 10.3. The second-order valence-corrected chi connectivity index (χ2v) is 3.56. The quantitative estimate of drug-likeness (QED) is 0.545. The molecule has 0 fully saturated rings. The average molecular weight is 176 g/mol. The summed E-state index contributed by atoms with van der Waals surface area (Å²) in [5.74, 6) is 2.02. The van der Waals surface area contributed by atoms with Gasteiger partial charge >= 0.3 is 0 Å². The van der Waals surface area contributed by atoms with E-state index < -0.39 is 0 Å². The summed E-state index contributed by atoms with van der Waals surface area (Å²) < 4.78 is 0. The number of hydrogen-bond donors (Lipinski definition) is 2. The van der Waals surface area contributed by atoms with Crippen molar-refractivity contribution in [3.63, 3.8) is 0 Å². The maximum Gasteiger partial charge on any atom is 0.218 e. The van der Waals surface area contributed by atoms with E-state index in [1.54, 1.807) is 0 Å².